The summed E-state index contributed by atoms with van der Waals surface area (Å²) >= 11 is 0. The third kappa shape index (κ3) is 4.03. The van der Waals surface area contributed by atoms with Crippen molar-refractivity contribution in [3.05, 3.63) is 61.7 Å². The van der Waals surface area contributed by atoms with Crippen molar-refractivity contribution in [3.63, 3.8) is 0 Å². The molecule has 0 fully saturated rings. The van der Waals surface area contributed by atoms with Crippen molar-refractivity contribution in [2.75, 3.05) is 0 Å². The number of aliphatic hydroxyl groups is 1. The van der Waals surface area contributed by atoms with Crippen LogP contribution in [0.1, 0.15) is 93.3 Å². The van der Waals surface area contributed by atoms with Crippen molar-refractivity contribution in [2.45, 2.75) is 92.0 Å². The molecular formula is C32H36FN3O5. The molecule has 216 valence electrons. The van der Waals surface area contributed by atoms with Gasteiger partial charge in [-0.25, -0.2) is 14.2 Å². The number of benzene rings is 1. The molecule has 0 saturated heterocycles. The van der Waals surface area contributed by atoms with Crippen LogP contribution in [0.15, 0.2) is 16.9 Å². The van der Waals surface area contributed by atoms with Gasteiger partial charge in [-0.1, -0.05) is 34.6 Å². The molecule has 3 aliphatic rings. The number of rotatable bonds is 4. The lowest BCUT2D eigenvalue weighted by Crippen LogP contribution is -2.44. The Morgan fingerprint density at radius 3 is 2.68 bits per heavy atom. The topological polar surface area (TPSA) is 111 Å². The van der Waals surface area contributed by atoms with Crippen LogP contribution in [0.25, 0.3) is 22.3 Å². The van der Waals surface area contributed by atoms with Gasteiger partial charge in [0.05, 0.1) is 35.1 Å². The number of esters is 1. The van der Waals surface area contributed by atoms with Crippen LogP contribution in [-0.4, -0.2) is 26.5 Å². The Balaban J connectivity index is 1.54. The van der Waals surface area contributed by atoms with E-state index in [0.29, 0.717) is 41.7 Å². The average molecular weight is 562 g/mol. The highest BCUT2D eigenvalue weighted by atomic mass is 19.1. The highest BCUT2D eigenvalue weighted by Gasteiger charge is 2.46. The Kier molecular flexibility index (Phi) is 6.19. The summed E-state index contributed by atoms with van der Waals surface area (Å²) in [4.78, 5) is 44.5. The molecular weight excluding hydrogens is 525 g/mol. The molecule has 2 aromatic heterocycles. The number of carbonyl (C=O) groups excluding carboxylic acids is 2. The Morgan fingerprint density at radius 1 is 1.27 bits per heavy atom. The molecule has 41 heavy (non-hydrogen) atoms. The number of carbonyl (C=O) groups is 2. The van der Waals surface area contributed by atoms with Crippen LogP contribution < -0.4 is 10.9 Å². The fourth-order valence-electron chi connectivity index (χ4n) is 6.54. The molecule has 3 aromatic rings. The summed E-state index contributed by atoms with van der Waals surface area (Å²) in [5.41, 5.74) is 2.68. The molecule has 3 atom stereocenters. The van der Waals surface area contributed by atoms with Crippen LogP contribution in [0, 0.1) is 24.1 Å². The summed E-state index contributed by atoms with van der Waals surface area (Å²) in [6, 6.07) is 2.75. The van der Waals surface area contributed by atoms with Crippen molar-refractivity contribution < 1.29 is 23.8 Å². The predicted octanol–water partition coefficient (Wildman–Crippen LogP) is 4.70. The van der Waals surface area contributed by atoms with Crippen LogP contribution in [0.5, 0.6) is 0 Å². The predicted molar refractivity (Wildman–Crippen MR) is 152 cm³/mol. The zero-order valence-corrected chi connectivity index (χ0v) is 24.4. The van der Waals surface area contributed by atoms with Gasteiger partial charge in [0.1, 0.15) is 12.4 Å². The monoisotopic (exact) mass is 561 g/mol. The minimum atomic E-state index is -1.94. The van der Waals surface area contributed by atoms with Crippen molar-refractivity contribution in [1.82, 2.24) is 14.9 Å². The van der Waals surface area contributed by atoms with Gasteiger partial charge in [0.2, 0.25) is 5.91 Å². The molecule has 0 bridgehead atoms. The van der Waals surface area contributed by atoms with Crippen molar-refractivity contribution in [1.29, 1.82) is 0 Å². The van der Waals surface area contributed by atoms with E-state index >= 15 is 4.39 Å². The molecule has 2 aliphatic heterocycles. The van der Waals surface area contributed by atoms with E-state index in [9.17, 15) is 19.5 Å². The Hall–Kier alpha value is -3.59. The number of pyridine rings is 2. The van der Waals surface area contributed by atoms with E-state index in [0.717, 1.165) is 22.1 Å². The number of hydrogen-bond donors (Lipinski definition) is 2. The largest absolute Gasteiger partial charge is 0.458 e. The third-order valence-electron chi connectivity index (χ3n) is 9.68. The molecule has 6 rings (SSSR count). The number of hydrogen-bond acceptors (Lipinski definition) is 6. The van der Waals surface area contributed by atoms with Gasteiger partial charge in [-0.2, -0.15) is 0 Å². The van der Waals surface area contributed by atoms with Crippen molar-refractivity contribution in [2.24, 2.45) is 11.3 Å². The van der Waals surface area contributed by atoms with Crippen molar-refractivity contribution in [3.8, 4) is 11.4 Å². The first kappa shape index (κ1) is 27.6. The number of nitrogens with one attached hydrogen (secondary N) is 1. The number of fused-ring (bicyclic) bond motifs is 5. The quantitative estimate of drug-likeness (QED) is 0.350. The minimum absolute atomic E-state index is 0.0240. The lowest BCUT2D eigenvalue weighted by Gasteiger charge is -2.31. The van der Waals surface area contributed by atoms with Gasteiger partial charge in [-0.15, -0.1) is 0 Å². The first-order valence-corrected chi connectivity index (χ1v) is 14.4. The SMILES string of the molecule is CC[C@@]1(O)C(=O)OCc2c1cc1n(c2=O)Cc2c-1nc1cc(F)c(C)c3c1c2[C@@H](NC(=O)C[C@H](C)C(C)(C)C)CC3. The molecule has 0 radical (unpaired) electrons. The summed E-state index contributed by atoms with van der Waals surface area (Å²) in [6.45, 7) is 11.8. The smallest absolute Gasteiger partial charge is 0.343 e. The second kappa shape index (κ2) is 9.21. The molecule has 0 saturated carbocycles. The highest BCUT2D eigenvalue weighted by molar-refractivity contribution is 5.94. The Labute approximate surface area is 237 Å². The van der Waals surface area contributed by atoms with Gasteiger partial charge in [0.15, 0.2) is 5.60 Å². The van der Waals surface area contributed by atoms with Crippen LogP contribution in [0.2, 0.25) is 0 Å². The minimum Gasteiger partial charge on any atom is -0.458 e. The van der Waals surface area contributed by atoms with Crippen LogP contribution in [-0.2, 0) is 39.5 Å². The van der Waals surface area contributed by atoms with Gasteiger partial charge in [0.25, 0.3) is 5.56 Å². The van der Waals surface area contributed by atoms with Crippen LogP contribution in [0.3, 0.4) is 0 Å². The standard InChI is InChI=1S/C32H36FN3O5/c1-7-32(40)20-11-24-28-18(13-36(24)29(38)19(20)14-41-30(32)39)27-22(34-25(37)10-15(2)31(4,5)6)9-8-17-16(3)21(33)12-23(35-28)26(17)27/h11-12,15,22,40H,7-10,13-14H2,1-6H3,(H,34,37)/t15-,22-,32-/m0/s1. The van der Waals surface area contributed by atoms with E-state index in [1.54, 1.807) is 24.5 Å². The van der Waals surface area contributed by atoms with Gasteiger partial charge in [0, 0.05) is 29.0 Å². The summed E-state index contributed by atoms with van der Waals surface area (Å²) in [7, 11) is 0. The highest BCUT2D eigenvalue weighted by Crippen LogP contribution is 2.46. The van der Waals surface area contributed by atoms with E-state index < -0.39 is 11.6 Å². The number of nitrogens with zero attached hydrogens (tertiary/aromatic N) is 2. The fraction of sp³-hybridized carbons (Fsp3) is 0.500. The number of ether oxygens (including phenoxy) is 1. The molecule has 1 aromatic carbocycles. The summed E-state index contributed by atoms with van der Waals surface area (Å²) < 4.78 is 21.9. The van der Waals surface area contributed by atoms with Crippen LogP contribution in [0.4, 0.5) is 4.39 Å². The number of aromatic nitrogens is 2. The first-order chi connectivity index (χ1) is 19.3. The maximum atomic E-state index is 15.1. The summed E-state index contributed by atoms with van der Waals surface area (Å²) in [5.74, 6) is -1.03. The number of aryl methyl sites for hydroxylation is 1. The molecule has 9 heteroatoms. The summed E-state index contributed by atoms with van der Waals surface area (Å²) in [6.07, 6.45) is 1.61. The molecule has 1 amide bonds. The number of amides is 1. The molecule has 8 nitrogen and oxygen atoms in total. The lowest BCUT2D eigenvalue weighted by atomic mass is 9.79. The second-order valence-electron chi connectivity index (χ2n) is 12.9. The maximum Gasteiger partial charge on any atom is 0.343 e. The third-order valence-corrected chi connectivity index (χ3v) is 9.68. The van der Waals surface area contributed by atoms with E-state index in [1.807, 2.05) is 0 Å². The molecule has 4 heterocycles. The Bertz CT molecular complexity index is 1720. The molecule has 0 unspecified atom stereocenters. The second-order valence-corrected chi connectivity index (χ2v) is 12.9. The van der Waals surface area contributed by atoms with Gasteiger partial charge in [-0.05, 0) is 60.3 Å². The van der Waals surface area contributed by atoms with Gasteiger partial charge >= 0.3 is 5.97 Å². The lowest BCUT2D eigenvalue weighted by molar-refractivity contribution is -0.172. The van der Waals surface area contributed by atoms with Gasteiger partial charge in [-0.3, -0.25) is 9.59 Å². The number of cyclic esters (lactones) is 1. The van der Waals surface area contributed by atoms with Crippen LogP contribution >= 0.6 is 0 Å². The average Bonchev–Trinajstić information content (AvgIpc) is 3.28. The molecule has 0 spiro atoms. The zero-order chi connectivity index (χ0) is 29.6. The van der Waals surface area contributed by atoms with E-state index in [4.69, 9.17) is 9.72 Å². The molecule has 2 N–H and O–H groups in total. The van der Waals surface area contributed by atoms with Crippen molar-refractivity contribution >= 4 is 22.8 Å². The maximum absolute atomic E-state index is 15.1. The van der Waals surface area contributed by atoms with Gasteiger partial charge < -0.3 is 19.7 Å². The number of halogens is 1. The Morgan fingerprint density at radius 2 is 2.00 bits per heavy atom. The zero-order valence-electron chi connectivity index (χ0n) is 24.4. The molecule has 1 aliphatic carbocycles. The fourth-order valence-corrected chi connectivity index (χ4v) is 6.54. The normalized spacial score (nSPS) is 21.7. The van der Waals surface area contributed by atoms with E-state index in [1.165, 1.54) is 6.07 Å². The van der Waals surface area contributed by atoms with E-state index in [-0.39, 0.29) is 65.4 Å². The van der Waals surface area contributed by atoms with E-state index in [2.05, 4.69) is 33.0 Å². The first-order valence-electron chi connectivity index (χ1n) is 14.4. The summed E-state index contributed by atoms with van der Waals surface area (Å²) in [5, 5.41) is 15.3.